The highest BCUT2D eigenvalue weighted by molar-refractivity contribution is 6.32. The largest absolute Gasteiger partial charge is 0.492 e. The lowest BCUT2D eigenvalue weighted by Gasteiger charge is -2.11. The van der Waals surface area contributed by atoms with Crippen LogP contribution in [0, 0.1) is 6.92 Å². The molecular formula is C15H24ClNO. The van der Waals surface area contributed by atoms with Gasteiger partial charge in [-0.2, -0.15) is 0 Å². The summed E-state index contributed by atoms with van der Waals surface area (Å²) in [5.41, 5.74) is 1.17. The second kappa shape index (κ2) is 8.39. The van der Waals surface area contributed by atoms with Crippen molar-refractivity contribution in [2.24, 2.45) is 0 Å². The van der Waals surface area contributed by atoms with Crippen molar-refractivity contribution in [3.63, 3.8) is 0 Å². The molecule has 0 aliphatic carbocycles. The molecule has 0 amide bonds. The number of aryl methyl sites for hydroxylation is 1. The minimum absolute atomic E-state index is 0.608. The highest BCUT2D eigenvalue weighted by Crippen LogP contribution is 2.25. The van der Waals surface area contributed by atoms with Crippen LogP contribution in [0.25, 0.3) is 0 Å². The first-order valence-electron chi connectivity index (χ1n) is 6.75. The molecule has 1 rings (SSSR count). The summed E-state index contributed by atoms with van der Waals surface area (Å²) in [6, 6.07) is 6.47. The van der Waals surface area contributed by atoms with E-state index in [1.807, 2.05) is 25.1 Å². The van der Waals surface area contributed by atoms with Gasteiger partial charge in [-0.25, -0.2) is 0 Å². The molecule has 0 saturated carbocycles. The number of hydrogen-bond acceptors (Lipinski definition) is 2. The van der Waals surface area contributed by atoms with Crippen molar-refractivity contribution in [2.75, 3.05) is 13.2 Å². The smallest absolute Gasteiger partial charge is 0.138 e. The van der Waals surface area contributed by atoms with E-state index in [0.717, 1.165) is 31.7 Å². The maximum Gasteiger partial charge on any atom is 0.138 e. The van der Waals surface area contributed by atoms with Crippen molar-refractivity contribution in [2.45, 2.75) is 46.1 Å². The summed E-state index contributed by atoms with van der Waals surface area (Å²) in [7, 11) is 0. The maximum atomic E-state index is 6.06. The Kier molecular flexibility index (Phi) is 7.14. The van der Waals surface area contributed by atoms with Crippen LogP contribution in [0.2, 0.25) is 5.02 Å². The Morgan fingerprint density at radius 3 is 2.83 bits per heavy atom. The minimum atomic E-state index is 0.608. The van der Waals surface area contributed by atoms with Gasteiger partial charge in [-0.3, -0.25) is 0 Å². The third kappa shape index (κ3) is 5.74. The molecule has 0 bridgehead atoms. The molecule has 2 nitrogen and oxygen atoms in total. The summed E-state index contributed by atoms with van der Waals surface area (Å²) in [6.07, 6.45) is 3.36. The quantitative estimate of drug-likeness (QED) is 0.715. The fourth-order valence-corrected chi connectivity index (χ4v) is 1.80. The number of hydrogen-bond donors (Lipinski definition) is 1. The molecule has 3 heteroatoms. The molecule has 0 fully saturated rings. The van der Waals surface area contributed by atoms with Gasteiger partial charge in [0.25, 0.3) is 0 Å². The van der Waals surface area contributed by atoms with Gasteiger partial charge in [0.2, 0.25) is 0 Å². The molecule has 18 heavy (non-hydrogen) atoms. The van der Waals surface area contributed by atoms with Gasteiger partial charge in [-0.1, -0.05) is 24.6 Å². The Morgan fingerprint density at radius 1 is 1.33 bits per heavy atom. The standard InChI is InChI=1S/C15H24ClNO/c1-4-13(3)17-9-5-6-10-18-15-11-12(2)7-8-14(15)16/h7-8,11,13,17H,4-6,9-10H2,1-3H3/t13-/m0/s1. The molecule has 0 aliphatic rings. The van der Waals surface area contributed by atoms with Gasteiger partial charge in [0.15, 0.2) is 0 Å². The molecule has 1 aromatic carbocycles. The third-order valence-corrected chi connectivity index (χ3v) is 3.33. The highest BCUT2D eigenvalue weighted by Gasteiger charge is 2.01. The van der Waals surface area contributed by atoms with E-state index in [1.54, 1.807) is 0 Å². The fourth-order valence-electron chi connectivity index (χ4n) is 1.62. The van der Waals surface area contributed by atoms with Crippen LogP contribution in [0.15, 0.2) is 18.2 Å². The third-order valence-electron chi connectivity index (χ3n) is 3.02. The van der Waals surface area contributed by atoms with E-state index < -0.39 is 0 Å². The predicted molar refractivity (Wildman–Crippen MR) is 78.7 cm³/mol. The zero-order chi connectivity index (χ0) is 13.4. The number of unbranched alkanes of at least 4 members (excludes halogenated alkanes) is 1. The highest BCUT2D eigenvalue weighted by atomic mass is 35.5. The van der Waals surface area contributed by atoms with E-state index in [-0.39, 0.29) is 0 Å². The SMILES string of the molecule is CC[C@H](C)NCCCCOc1cc(C)ccc1Cl. The van der Waals surface area contributed by atoms with Crippen LogP contribution in [-0.4, -0.2) is 19.2 Å². The molecule has 0 aliphatic heterocycles. The molecule has 0 saturated heterocycles. The maximum absolute atomic E-state index is 6.06. The molecule has 0 radical (unpaired) electrons. The van der Waals surface area contributed by atoms with Crippen LogP contribution in [0.4, 0.5) is 0 Å². The molecule has 1 aromatic rings. The Balaban J connectivity index is 2.16. The molecule has 0 heterocycles. The summed E-state index contributed by atoms with van der Waals surface area (Å²) >= 11 is 6.06. The Labute approximate surface area is 116 Å². The van der Waals surface area contributed by atoms with Crippen molar-refractivity contribution >= 4 is 11.6 Å². The zero-order valence-electron chi connectivity index (χ0n) is 11.6. The van der Waals surface area contributed by atoms with Gasteiger partial charge in [0.1, 0.15) is 5.75 Å². The summed E-state index contributed by atoms with van der Waals surface area (Å²) in [4.78, 5) is 0. The monoisotopic (exact) mass is 269 g/mol. The number of rotatable bonds is 8. The Morgan fingerprint density at radius 2 is 2.11 bits per heavy atom. The molecular weight excluding hydrogens is 246 g/mol. The molecule has 0 unspecified atom stereocenters. The second-order valence-electron chi connectivity index (χ2n) is 4.75. The Bertz CT molecular complexity index is 354. The van der Waals surface area contributed by atoms with E-state index in [0.29, 0.717) is 11.1 Å². The normalized spacial score (nSPS) is 12.4. The number of halogens is 1. The molecule has 0 aromatic heterocycles. The molecule has 102 valence electrons. The van der Waals surface area contributed by atoms with Crippen molar-refractivity contribution < 1.29 is 4.74 Å². The molecule has 1 N–H and O–H groups in total. The topological polar surface area (TPSA) is 21.3 Å². The van der Waals surface area contributed by atoms with Crippen LogP contribution in [0.5, 0.6) is 5.75 Å². The second-order valence-corrected chi connectivity index (χ2v) is 5.16. The lowest BCUT2D eigenvalue weighted by Crippen LogP contribution is -2.26. The average Bonchev–Trinajstić information content (AvgIpc) is 2.37. The lowest BCUT2D eigenvalue weighted by molar-refractivity contribution is 0.304. The van der Waals surface area contributed by atoms with E-state index in [4.69, 9.17) is 16.3 Å². The van der Waals surface area contributed by atoms with E-state index in [9.17, 15) is 0 Å². The van der Waals surface area contributed by atoms with Crippen LogP contribution in [-0.2, 0) is 0 Å². The summed E-state index contributed by atoms with van der Waals surface area (Å²) < 4.78 is 5.69. The minimum Gasteiger partial charge on any atom is -0.492 e. The first-order valence-corrected chi connectivity index (χ1v) is 7.13. The first kappa shape index (κ1) is 15.3. The van der Waals surface area contributed by atoms with Gasteiger partial charge in [-0.15, -0.1) is 0 Å². The summed E-state index contributed by atoms with van der Waals surface area (Å²) in [5, 5.41) is 4.16. The number of nitrogens with one attached hydrogen (secondary N) is 1. The van der Waals surface area contributed by atoms with E-state index in [2.05, 4.69) is 19.2 Å². The van der Waals surface area contributed by atoms with Gasteiger partial charge in [-0.05, 0) is 57.4 Å². The van der Waals surface area contributed by atoms with Crippen LogP contribution in [0.3, 0.4) is 0 Å². The van der Waals surface area contributed by atoms with Crippen molar-refractivity contribution in [3.05, 3.63) is 28.8 Å². The van der Waals surface area contributed by atoms with Gasteiger partial charge < -0.3 is 10.1 Å². The average molecular weight is 270 g/mol. The summed E-state index contributed by atoms with van der Waals surface area (Å²) in [6.45, 7) is 8.23. The van der Waals surface area contributed by atoms with Gasteiger partial charge in [0, 0.05) is 6.04 Å². The molecule has 1 atom stereocenters. The van der Waals surface area contributed by atoms with Crippen LogP contribution >= 0.6 is 11.6 Å². The summed E-state index contributed by atoms with van der Waals surface area (Å²) in [5.74, 6) is 0.798. The van der Waals surface area contributed by atoms with Crippen molar-refractivity contribution in [3.8, 4) is 5.75 Å². The lowest BCUT2D eigenvalue weighted by atomic mass is 10.2. The zero-order valence-corrected chi connectivity index (χ0v) is 12.4. The van der Waals surface area contributed by atoms with Crippen molar-refractivity contribution in [1.29, 1.82) is 0 Å². The number of ether oxygens (including phenoxy) is 1. The predicted octanol–water partition coefficient (Wildman–Crippen LogP) is 4.20. The molecule has 0 spiro atoms. The van der Waals surface area contributed by atoms with Crippen LogP contribution < -0.4 is 10.1 Å². The first-order chi connectivity index (χ1) is 8.63. The number of benzene rings is 1. The van der Waals surface area contributed by atoms with Crippen LogP contribution in [0.1, 0.15) is 38.7 Å². The Hall–Kier alpha value is -0.730. The van der Waals surface area contributed by atoms with Gasteiger partial charge >= 0.3 is 0 Å². The van der Waals surface area contributed by atoms with Crippen molar-refractivity contribution in [1.82, 2.24) is 5.32 Å². The van der Waals surface area contributed by atoms with E-state index >= 15 is 0 Å². The van der Waals surface area contributed by atoms with E-state index in [1.165, 1.54) is 12.0 Å². The van der Waals surface area contributed by atoms with Gasteiger partial charge in [0.05, 0.1) is 11.6 Å². The fraction of sp³-hybridized carbons (Fsp3) is 0.600.